The third kappa shape index (κ3) is 4.67. The van der Waals surface area contributed by atoms with Gasteiger partial charge in [0.15, 0.2) is 0 Å². The van der Waals surface area contributed by atoms with E-state index in [1.54, 1.807) is 13.8 Å². The van der Waals surface area contributed by atoms with Crippen molar-refractivity contribution < 1.29 is 14.7 Å². The third-order valence-corrected chi connectivity index (χ3v) is 3.81. The number of hydrogen-bond acceptors (Lipinski definition) is 2. The zero-order chi connectivity index (χ0) is 13.8. The summed E-state index contributed by atoms with van der Waals surface area (Å²) < 4.78 is 0. The fourth-order valence-electron chi connectivity index (χ4n) is 2.54. The molecule has 0 radical (unpaired) electrons. The molecule has 0 heterocycles. The molecule has 0 aromatic heterocycles. The van der Waals surface area contributed by atoms with Crippen LogP contribution in [0.15, 0.2) is 0 Å². The van der Waals surface area contributed by atoms with Crippen LogP contribution < -0.4 is 5.32 Å². The summed E-state index contributed by atoms with van der Waals surface area (Å²) >= 11 is 0. The van der Waals surface area contributed by atoms with Crippen LogP contribution in [0, 0.1) is 17.3 Å². The average Bonchev–Trinajstić information content (AvgIpc) is 2.25. The van der Waals surface area contributed by atoms with E-state index in [9.17, 15) is 9.59 Å². The molecule has 0 aliphatic heterocycles. The van der Waals surface area contributed by atoms with Crippen molar-refractivity contribution in [2.24, 2.45) is 17.3 Å². The molecule has 0 aromatic carbocycles. The number of carbonyl (C=O) groups excluding carboxylic acids is 1. The summed E-state index contributed by atoms with van der Waals surface area (Å²) in [5, 5.41) is 11.8. The number of nitrogens with one attached hydrogen (secondary N) is 1. The zero-order valence-corrected chi connectivity index (χ0v) is 11.7. The normalized spacial score (nSPS) is 24.6. The standard InChI is InChI=1S/C14H25NO3/c1-10-5-4-6-11(7-10)9-15-12(16)8-14(2,3)13(17)18/h10-11H,4-9H2,1-3H3,(H,15,16)(H,17,18). The maximum atomic E-state index is 11.7. The van der Waals surface area contributed by atoms with E-state index in [4.69, 9.17) is 5.11 Å². The second-order valence-corrected chi connectivity index (χ2v) is 6.31. The summed E-state index contributed by atoms with van der Waals surface area (Å²) in [7, 11) is 0. The van der Waals surface area contributed by atoms with Crippen molar-refractivity contribution in [3.63, 3.8) is 0 Å². The first-order valence-electron chi connectivity index (χ1n) is 6.81. The lowest BCUT2D eigenvalue weighted by Crippen LogP contribution is -2.36. The molecule has 0 spiro atoms. The highest BCUT2D eigenvalue weighted by Crippen LogP contribution is 2.28. The van der Waals surface area contributed by atoms with Gasteiger partial charge in [-0.2, -0.15) is 0 Å². The summed E-state index contributed by atoms with van der Waals surface area (Å²) in [4.78, 5) is 22.6. The van der Waals surface area contributed by atoms with Gasteiger partial charge in [0.05, 0.1) is 5.41 Å². The fourth-order valence-corrected chi connectivity index (χ4v) is 2.54. The molecular formula is C14H25NO3. The monoisotopic (exact) mass is 255 g/mol. The topological polar surface area (TPSA) is 66.4 Å². The van der Waals surface area contributed by atoms with Crippen LogP contribution in [-0.4, -0.2) is 23.5 Å². The molecule has 1 fully saturated rings. The Labute approximate surface area is 109 Å². The lowest BCUT2D eigenvalue weighted by atomic mass is 9.82. The van der Waals surface area contributed by atoms with Crippen LogP contribution in [0.5, 0.6) is 0 Å². The number of aliphatic carboxylic acids is 1. The summed E-state index contributed by atoms with van der Waals surface area (Å²) in [6.07, 6.45) is 4.92. The maximum Gasteiger partial charge on any atom is 0.309 e. The molecular weight excluding hydrogens is 230 g/mol. The molecule has 1 saturated carbocycles. The molecule has 0 aromatic rings. The first-order chi connectivity index (χ1) is 8.31. The molecule has 2 atom stereocenters. The lowest BCUT2D eigenvalue weighted by Gasteiger charge is -2.27. The van der Waals surface area contributed by atoms with Crippen LogP contribution in [0.1, 0.15) is 52.9 Å². The van der Waals surface area contributed by atoms with Gasteiger partial charge < -0.3 is 10.4 Å². The minimum Gasteiger partial charge on any atom is -0.481 e. The molecule has 1 rings (SSSR count). The second kappa shape index (κ2) is 6.21. The SMILES string of the molecule is CC1CCCC(CNC(=O)CC(C)(C)C(=O)O)C1. The zero-order valence-electron chi connectivity index (χ0n) is 11.7. The predicted octanol–water partition coefficient (Wildman–Crippen LogP) is 2.43. The first-order valence-corrected chi connectivity index (χ1v) is 6.81. The summed E-state index contributed by atoms with van der Waals surface area (Å²) in [6, 6.07) is 0. The fraction of sp³-hybridized carbons (Fsp3) is 0.857. The number of hydrogen-bond donors (Lipinski definition) is 2. The molecule has 1 aliphatic carbocycles. The smallest absolute Gasteiger partial charge is 0.309 e. The molecule has 2 unspecified atom stereocenters. The van der Waals surface area contributed by atoms with Crippen LogP contribution >= 0.6 is 0 Å². The molecule has 0 saturated heterocycles. The van der Waals surface area contributed by atoms with Crippen molar-refractivity contribution in [2.45, 2.75) is 52.9 Å². The van der Waals surface area contributed by atoms with Crippen molar-refractivity contribution in [1.82, 2.24) is 5.32 Å². The highest BCUT2D eigenvalue weighted by Gasteiger charge is 2.30. The van der Waals surface area contributed by atoms with Crippen molar-refractivity contribution in [3.05, 3.63) is 0 Å². The summed E-state index contributed by atoms with van der Waals surface area (Å²) in [5.41, 5.74) is -0.982. The van der Waals surface area contributed by atoms with Crippen LogP contribution in [0.4, 0.5) is 0 Å². The van der Waals surface area contributed by atoms with Gasteiger partial charge in [-0.1, -0.05) is 19.8 Å². The number of carboxylic acids is 1. The summed E-state index contributed by atoms with van der Waals surface area (Å²) in [5.74, 6) is 0.228. The van der Waals surface area contributed by atoms with Gasteiger partial charge in [0.25, 0.3) is 0 Å². The van der Waals surface area contributed by atoms with Gasteiger partial charge in [-0.05, 0) is 38.5 Å². The quantitative estimate of drug-likeness (QED) is 0.793. The molecule has 18 heavy (non-hydrogen) atoms. The first kappa shape index (κ1) is 15.0. The molecule has 2 N–H and O–H groups in total. The van der Waals surface area contributed by atoms with Gasteiger partial charge in [0.2, 0.25) is 5.91 Å². The number of amides is 1. The van der Waals surface area contributed by atoms with Gasteiger partial charge in [-0.3, -0.25) is 9.59 Å². The maximum absolute atomic E-state index is 11.7. The molecule has 1 aliphatic rings. The van der Waals surface area contributed by atoms with Crippen LogP contribution in [0.2, 0.25) is 0 Å². The molecule has 0 bridgehead atoms. The Morgan fingerprint density at radius 1 is 1.33 bits per heavy atom. The van der Waals surface area contributed by atoms with Gasteiger partial charge in [0.1, 0.15) is 0 Å². The highest BCUT2D eigenvalue weighted by molar-refractivity contribution is 5.84. The largest absolute Gasteiger partial charge is 0.481 e. The Balaban J connectivity index is 2.31. The number of carbonyl (C=O) groups is 2. The Morgan fingerprint density at radius 3 is 2.56 bits per heavy atom. The van der Waals surface area contributed by atoms with E-state index in [0.29, 0.717) is 12.5 Å². The Bertz CT molecular complexity index is 312. The van der Waals surface area contributed by atoms with Crippen molar-refractivity contribution >= 4 is 11.9 Å². The van der Waals surface area contributed by atoms with Crippen molar-refractivity contribution in [1.29, 1.82) is 0 Å². The molecule has 1 amide bonds. The minimum atomic E-state index is -0.982. The molecule has 4 nitrogen and oxygen atoms in total. The van der Waals surface area contributed by atoms with Gasteiger partial charge in [-0.25, -0.2) is 0 Å². The van der Waals surface area contributed by atoms with E-state index in [1.165, 1.54) is 25.7 Å². The van der Waals surface area contributed by atoms with E-state index < -0.39 is 11.4 Å². The van der Waals surface area contributed by atoms with Crippen LogP contribution in [-0.2, 0) is 9.59 Å². The third-order valence-electron chi connectivity index (χ3n) is 3.81. The van der Waals surface area contributed by atoms with E-state index in [-0.39, 0.29) is 12.3 Å². The van der Waals surface area contributed by atoms with E-state index in [2.05, 4.69) is 12.2 Å². The van der Waals surface area contributed by atoms with E-state index >= 15 is 0 Å². The highest BCUT2D eigenvalue weighted by atomic mass is 16.4. The van der Waals surface area contributed by atoms with Crippen LogP contribution in [0.3, 0.4) is 0 Å². The Hall–Kier alpha value is -1.06. The average molecular weight is 255 g/mol. The Morgan fingerprint density at radius 2 is 2.00 bits per heavy atom. The lowest BCUT2D eigenvalue weighted by molar-refractivity contribution is -0.149. The number of rotatable bonds is 5. The predicted molar refractivity (Wildman–Crippen MR) is 70.2 cm³/mol. The molecule has 104 valence electrons. The summed E-state index contributed by atoms with van der Waals surface area (Å²) in [6.45, 7) is 6.11. The van der Waals surface area contributed by atoms with E-state index in [0.717, 1.165) is 5.92 Å². The number of carboxylic acid groups (broad SMARTS) is 1. The van der Waals surface area contributed by atoms with Gasteiger partial charge in [-0.15, -0.1) is 0 Å². The van der Waals surface area contributed by atoms with Crippen molar-refractivity contribution in [3.8, 4) is 0 Å². The minimum absolute atomic E-state index is 0.0462. The van der Waals surface area contributed by atoms with E-state index in [1.807, 2.05) is 0 Å². The van der Waals surface area contributed by atoms with Gasteiger partial charge in [0, 0.05) is 13.0 Å². The molecule has 4 heteroatoms. The second-order valence-electron chi connectivity index (χ2n) is 6.31. The van der Waals surface area contributed by atoms with Crippen LogP contribution in [0.25, 0.3) is 0 Å². The van der Waals surface area contributed by atoms with Gasteiger partial charge >= 0.3 is 5.97 Å². The Kier molecular flexibility index (Phi) is 5.17. The van der Waals surface area contributed by atoms with Crippen molar-refractivity contribution in [2.75, 3.05) is 6.54 Å².